The number of anilines is 1. The Labute approximate surface area is 157 Å². The number of hydrogen-bond acceptors (Lipinski definition) is 4. The zero-order valence-corrected chi connectivity index (χ0v) is 15.1. The number of fused-ring (bicyclic) bond motifs is 1. The van der Waals surface area contributed by atoms with Gasteiger partial charge in [-0.15, -0.1) is 0 Å². The molecule has 5 nitrogen and oxygen atoms in total. The molecule has 0 radical (unpaired) electrons. The van der Waals surface area contributed by atoms with Gasteiger partial charge in [0.1, 0.15) is 17.6 Å². The predicted molar refractivity (Wildman–Crippen MR) is 99.4 cm³/mol. The summed E-state index contributed by atoms with van der Waals surface area (Å²) in [5, 5.41) is 2.97. The Morgan fingerprint density at radius 1 is 1.04 bits per heavy atom. The normalized spacial score (nSPS) is 30.3. The number of nitrogens with one attached hydrogen (secondary N) is 1. The number of ether oxygens (including phenoxy) is 2. The summed E-state index contributed by atoms with van der Waals surface area (Å²) in [7, 11) is 0. The summed E-state index contributed by atoms with van der Waals surface area (Å²) in [6.07, 6.45) is 1.81. The van der Waals surface area contributed by atoms with Crippen LogP contribution >= 0.6 is 0 Å². The third-order valence-electron chi connectivity index (χ3n) is 6.16. The van der Waals surface area contributed by atoms with Crippen molar-refractivity contribution in [3.63, 3.8) is 0 Å². The molecule has 2 aromatic carbocycles. The summed E-state index contributed by atoms with van der Waals surface area (Å²) < 4.78 is 11.2. The van der Waals surface area contributed by atoms with E-state index in [0.717, 1.165) is 18.6 Å². The fraction of sp³-hybridized carbons (Fsp3) is 0.364. The van der Waals surface area contributed by atoms with Gasteiger partial charge in [0, 0.05) is 11.6 Å². The number of aryl methyl sites for hydroxylation is 1. The van der Waals surface area contributed by atoms with Crippen molar-refractivity contribution in [1.29, 1.82) is 0 Å². The highest BCUT2D eigenvalue weighted by Gasteiger charge is 2.63. The minimum absolute atomic E-state index is 0.0507. The molecule has 5 atom stereocenters. The first-order valence-electron chi connectivity index (χ1n) is 9.44. The molecule has 1 N–H and O–H groups in total. The Morgan fingerprint density at radius 3 is 2.41 bits per heavy atom. The Balaban J connectivity index is 1.25. The first kappa shape index (κ1) is 16.4. The Bertz CT molecular complexity index is 888. The highest BCUT2D eigenvalue weighted by atomic mass is 16.6. The molecule has 5 rings (SSSR count). The van der Waals surface area contributed by atoms with Crippen molar-refractivity contribution in [1.82, 2.24) is 0 Å². The van der Waals surface area contributed by atoms with Gasteiger partial charge >= 0.3 is 5.97 Å². The van der Waals surface area contributed by atoms with Crippen LogP contribution in [0.4, 0.5) is 5.69 Å². The van der Waals surface area contributed by atoms with E-state index in [2.05, 4.69) is 5.32 Å². The molecule has 0 unspecified atom stereocenters. The van der Waals surface area contributed by atoms with Gasteiger partial charge in [-0.1, -0.05) is 17.7 Å². The minimum atomic E-state index is -0.260. The van der Waals surface area contributed by atoms with Gasteiger partial charge in [-0.05, 0) is 62.1 Å². The summed E-state index contributed by atoms with van der Waals surface area (Å²) >= 11 is 0. The van der Waals surface area contributed by atoms with Crippen molar-refractivity contribution in [3.05, 3.63) is 54.1 Å². The second kappa shape index (κ2) is 6.12. The lowest BCUT2D eigenvalue weighted by Crippen LogP contribution is -2.35. The van der Waals surface area contributed by atoms with Crippen LogP contribution in [0.1, 0.15) is 18.4 Å². The van der Waals surface area contributed by atoms with E-state index in [1.807, 2.05) is 55.5 Å². The largest absolute Gasteiger partial charge is 0.462 e. The van der Waals surface area contributed by atoms with E-state index >= 15 is 0 Å². The standard InChI is InChI=1S/C22H21NO4/c1-12-2-6-15(7-3-12)26-16-8-4-14(5-9-16)23-21(24)19-13-10-17-18(11-13)27-22(25)20(17)19/h2-9,13,17-20H,10-11H2,1H3,(H,23,24)/t13-,17+,18+,19-,20+/m1/s1. The fourth-order valence-corrected chi connectivity index (χ4v) is 4.94. The van der Waals surface area contributed by atoms with Crippen LogP contribution in [0.5, 0.6) is 11.5 Å². The zero-order valence-electron chi connectivity index (χ0n) is 15.1. The second-order valence-electron chi connectivity index (χ2n) is 7.85. The molecule has 1 saturated heterocycles. The van der Waals surface area contributed by atoms with Crippen molar-refractivity contribution in [2.45, 2.75) is 25.9 Å². The van der Waals surface area contributed by atoms with Crippen LogP contribution in [-0.4, -0.2) is 18.0 Å². The van der Waals surface area contributed by atoms with Gasteiger partial charge in [0.25, 0.3) is 0 Å². The van der Waals surface area contributed by atoms with Gasteiger partial charge < -0.3 is 14.8 Å². The Hall–Kier alpha value is -2.82. The Kier molecular flexibility index (Phi) is 3.71. The van der Waals surface area contributed by atoms with Crippen LogP contribution in [0.15, 0.2) is 48.5 Å². The molecule has 1 aliphatic heterocycles. The Morgan fingerprint density at radius 2 is 1.70 bits per heavy atom. The maximum Gasteiger partial charge on any atom is 0.310 e. The summed E-state index contributed by atoms with van der Waals surface area (Å²) in [6.45, 7) is 2.03. The average Bonchev–Trinajstić information content (AvgIpc) is 3.27. The maximum atomic E-state index is 12.8. The molecule has 2 aliphatic carbocycles. The number of carbonyl (C=O) groups excluding carboxylic acids is 2. The van der Waals surface area contributed by atoms with Crippen LogP contribution in [-0.2, 0) is 14.3 Å². The van der Waals surface area contributed by atoms with Crippen LogP contribution in [0, 0.1) is 30.6 Å². The molecule has 1 amide bonds. The van der Waals surface area contributed by atoms with Crippen molar-refractivity contribution < 1.29 is 19.1 Å². The predicted octanol–water partition coefficient (Wildman–Crippen LogP) is 3.92. The first-order valence-corrected chi connectivity index (χ1v) is 9.44. The highest BCUT2D eigenvalue weighted by molar-refractivity contribution is 5.97. The quantitative estimate of drug-likeness (QED) is 0.836. The van der Waals surface area contributed by atoms with Crippen LogP contribution in [0.3, 0.4) is 0 Å². The summed E-state index contributed by atoms with van der Waals surface area (Å²) in [6, 6.07) is 15.2. The van der Waals surface area contributed by atoms with Gasteiger partial charge in [-0.2, -0.15) is 0 Å². The van der Waals surface area contributed by atoms with E-state index in [4.69, 9.17) is 9.47 Å². The smallest absolute Gasteiger partial charge is 0.310 e. The van der Waals surface area contributed by atoms with E-state index in [0.29, 0.717) is 11.4 Å². The topological polar surface area (TPSA) is 64.6 Å². The average molecular weight is 363 g/mol. The monoisotopic (exact) mass is 363 g/mol. The molecule has 2 aromatic rings. The molecule has 2 saturated carbocycles. The molecule has 2 bridgehead atoms. The van der Waals surface area contributed by atoms with Gasteiger partial charge in [-0.25, -0.2) is 0 Å². The number of rotatable bonds is 4. The number of carbonyl (C=O) groups is 2. The maximum absolute atomic E-state index is 12.8. The van der Waals surface area contributed by atoms with Crippen molar-refractivity contribution >= 4 is 17.6 Å². The second-order valence-corrected chi connectivity index (χ2v) is 7.85. The third kappa shape index (κ3) is 2.78. The van der Waals surface area contributed by atoms with Crippen LogP contribution in [0.2, 0.25) is 0 Å². The number of amides is 1. The number of hydrogen-bond donors (Lipinski definition) is 1. The number of esters is 1. The first-order chi connectivity index (χ1) is 13.1. The van der Waals surface area contributed by atoms with Gasteiger partial charge in [0.15, 0.2) is 0 Å². The van der Waals surface area contributed by atoms with Gasteiger partial charge in [0.2, 0.25) is 5.91 Å². The fourth-order valence-electron chi connectivity index (χ4n) is 4.94. The number of benzene rings is 2. The molecular formula is C22H21NO4. The van der Waals surface area contributed by atoms with Crippen molar-refractivity contribution in [2.75, 3.05) is 5.32 Å². The lowest BCUT2D eigenvalue weighted by molar-refractivity contribution is -0.145. The van der Waals surface area contributed by atoms with Crippen LogP contribution < -0.4 is 10.1 Å². The van der Waals surface area contributed by atoms with Crippen LogP contribution in [0.25, 0.3) is 0 Å². The van der Waals surface area contributed by atoms with Gasteiger partial charge in [0.05, 0.1) is 11.8 Å². The van der Waals surface area contributed by atoms with E-state index in [9.17, 15) is 9.59 Å². The zero-order chi connectivity index (χ0) is 18.5. The summed E-state index contributed by atoms with van der Waals surface area (Å²) in [4.78, 5) is 24.9. The van der Waals surface area contributed by atoms with Crippen molar-refractivity contribution in [3.8, 4) is 11.5 Å². The SMILES string of the molecule is Cc1ccc(Oc2ccc(NC(=O)[C@@H]3[C@@H]4C[C@@H]5[C@@H]3C(=O)O[C@H]5C4)cc2)cc1. The van der Waals surface area contributed by atoms with E-state index in [-0.39, 0.29) is 41.7 Å². The molecule has 0 spiro atoms. The summed E-state index contributed by atoms with van der Waals surface area (Å²) in [5.74, 6) is 1.21. The molecule has 3 aliphatic rings. The molecule has 3 fully saturated rings. The van der Waals surface area contributed by atoms with E-state index < -0.39 is 0 Å². The molecule has 27 heavy (non-hydrogen) atoms. The summed E-state index contributed by atoms with van der Waals surface area (Å²) in [5.41, 5.74) is 1.89. The van der Waals surface area contributed by atoms with E-state index in [1.165, 1.54) is 5.56 Å². The highest BCUT2D eigenvalue weighted by Crippen LogP contribution is 2.57. The molecule has 1 heterocycles. The lowest BCUT2D eigenvalue weighted by atomic mass is 9.79. The third-order valence-corrected chi connectivity index (χ3v) is 6.16. The molecule has 5 heteroatoms. The minimum Gasteiger partial charge on any atom is -0.462 e. The lowest BCUT2D eigenvalue weighted by Gasteiger charge is -2.23. The molecule has 0 aromatic heterocycles. The van der Waals surface area contributed by atoms with Crippen molar-refractivity contribution in [2.24, 2.45) is 23.7 Å². The van der Waals surface area contributed by atoms with Gasteiger partial charge in [-0.3, -0.25) is 9.59 Å². The molecule has 138 valence electrons. The van der Waals surface area contributed by atoms with E-state index in [1.54, 1.807) is 0 Å². The molecular weight excluding hydrogens is 342 g/mol.